The molecule has 1 aromatic rings. The number of likely N-dealkylation sites (tertiary alicyclic amines) is 1. The van der Waals surface area contributed by atoms with Crippen molar-refractivity contribution in [2.45, 2.75) is 32.7 Å². The maximum Gasteiger partial charge on any atom is 0.128 e. The monoisotopic (exact) mass is 250 g/mol. The molecule has 2 nitrogen and oxygen atoms in total. The molecule has 1 unspecified atom stereocenters. The molecule has 0 bridgehead atoms. The maximum absolute atomic E-state index is 13.6. The minimum atomic E-state index is -0.236. The zero-order valence-electron chi connectivity index (χ0n) is 11.3. The van der Waals surface area contributed by atoms with Crippen molar-refractivity contribution in [1.82, 2.24) is 4.90 Å². The molecule has 2 rings (SSSR count). The number of halogens is 1. The van der Waals surface area contributed by atoms with E-state index in [1.807, 2.05) is 6.07 Å². The van der Waals surface area contributed by atoms with Crippen molar-refractivity contribution < 1.29 is 4.39 Å². The van der Waals surface area contributed by atoms with E-state index in [4.69, 9.17) is 5.73 Å². The highest BCUT2D eigenvalue weighted by molar-refractivity contribution is 5.21. The van der Waals surface area contributed by atoms with Crippen molar-refractivity contribution in [3.8, 4) is 0 Å². The summed E-state index contributed by atoms with van der Waals surface area (Å²) in [5.74, 6) is -0.193. The summed E-state index contributed by atoms with van der Waals surface area (Å²) in [4.78, 5) is 2.36. The first-order chi connectivity index (χ1) is 8.48. The van der Waals surface area contributed by atoms with Crippen LogP contribution in [0, 0.1) is 11.2 Å². The largest absolute Gasteiger partial charge is 0.323 e. The fraction of sp³-hybridized carbons (Fsp3) is 0.600. The van der Waals surface area contributed by atoms with Crippen molar-refractivity contribution >= 4 is 0 Å². The van der Waals surface area contributed by atoms with Crippen LogP contribution >= 0.6 is 0 Å². The summed E-state index contributed by atoms with van der Waals surface area (Å²) in [5, 5.41) is 0. The Morgan fingerprint density at radius 1 is 1.39 bits per heavy atom. The first kappa shape index (κ1) is 13.5. The topological polar surface area (TPSA) is 29.3 Å². The molecule has 0 saturated carbocycles. The number of nitrogens with two attached hydrogens (primary N) is 1. The number of rotatable bonds is 3. The third-order valence-electron chi connectivity index (χ3n) is 3.74. The fourth-order valence-corrected chi connectivity index (χ4v) is 2.85. The van der Waals surface area contributed by atoms with Gasteiger partial charge >= 0.3 is 0 Å². The summed E-state index contributed by atoms with van der Waals surface area (Å²) in [6.07, 6.45) is 2.47. The Morgan fingerprint density at radius 3 is 2.78 bits per heavy atom. The van der Waals surface area contributed by atoms with Crippen LogP contribution in [0.15, 0.2) is 24.3 Å². The highest BCUT2D eigenvalue weighted by Gasteiger charge is 2.27. The number of hydrogen-bond donors (Lipinski definition) is 1. The standard InChI is InChI=1S/C15H23FN2/c1-15(2)8-5-9-18(11-15)10-14(17)12-6-3-4-7-13(12)16/h3-4,6-7,14H,5,8-11,17H2,1-2H3. The zero-order valence-corrected chi connectivity index (χ0v) is 11.3. The first-order valence-electron chi connectivity index (χ1n) is 6.70. The van der Waals surface area contributed by atoms with E-state index in [0.717, 1.165) is 19.6 Å². The molecule has 0 radical (unpaired) electrons. The number of hydrogen-bond acceptors (Lipinski definition) is 2. The van der Waals surface area contributed by atoms with Gasteiger partial charge in [0.25, 0.3) is 0 Å². The average molecular weight is 250 g/mol. The van der Waals surface area contributed by atoms with Crippen LogP contribution in [-0.4, -0.2) is 24.5 Å². The van der Waals surface area contributed by atoms with E-state index in [0.29, 0.717) is 11.0 Å². The highest BCUT2D eigenvalue weighted by atomic mass is 19.1. The van der Waals surface area contributed by atoms with E-state index in [1.54, 1.807) is 12.1 Å². The summed E-state index contributed by atoms with van der Waals surface area (Å²) in [7, 11) is 0. The molecule has 1 atom stereocenters. The molecular weight excluding hydrogens is 227 g/mol. The van der Waals surface area contributed by atoms with Crippen LogP contribution < -0.4 is 5.73 Å². The molecule has 100 valence electrons. The molecule has 0 aliphatic carbocycles. The third-order valence-corrected chi connectivity index (χ3v) is 3.74. The predicted octanol–water partition coefficient (Wildman–Crippen LogP) is 2.95. The zero-order chi connectivity index (χ0) is 13.2. The Hall–Kier alpha value is -0.930. The molecule has 1 heterocycles. The molecule has 0 amide bonds. The Morgan fingerprint density at radius 2 is 2.11 bits per heavy atom. The molecule has 0 spiro atoms. The van der Waals surface area contributed by atoms with Gasteiger partial charge in [0, 0.05) is 24.7 Å². The maximum atomic E-state index is 13.6. The van der Waals surface area contributed by atoms with Crippen LogP contribution in [0.25, 0.3) is 0 Å². The lowest BCUT2D eigenvalue weighted by molar-refractivity contribution is 0.111. The second kappa shape index (κ2) is 5.37. The smallest absolute Gasteiger partial charge is 0.128 e. The van der Waals surface area contributed by atoms with Gasteiger partial charge in [-0.2, -0.15) is 0 Å². The van der Waals surface area contributed by atoms with Gasteiger partial charge in [-0.15, -0.1) is 0 Å². The SMILES string of the molecule is CC1(C)CCCN(CC(N)c2ccccc2F)C1. The van der Waals surface area contributed by atoms with Gasteiger partial charge in [-0.3, -0.25) is 0 Å². The van der Waals surface area contributed by atoms with E-state index in [9.17, 15) is 4.39 Å². The molecule has 3 heteroatoms. The van der Waals surface area contributed by atoms with Crippen LogP contribution in [0.2, 0.25) is 0 Å². The van der Waals surface area contributed by atoms with Gasteiger partial charge in [-0.05, 0) is 30.9 Å². The van der Waals surface area contributed by atoms with Crippen molar-refractivity contribution in [1.29, 1.82) is 0 Å². The van der Waals surface area contributed by atoms with Crippen LogP contribution in [0.3, 0.4) is 0 Å². The van der Waals surface area contributed by atoms with Gasteiger partial charge < -0.3 is 10.6 Å². The van der Waals surface area contributed by atoms with Crippen molar-refractivity contribution in [2.75, 3.05) is 19.6 Å². The van der Waals surface area contributed by atoms with E-state index < -0.39 is 0 Å². The van der Waals surface area contributed by atoms with Crippen LogP contribution in [0.1, 0.15) is 38.3 Å². The first-order valence-corrected chi connectivity index (χ1v) is 6.70. The molecule has 1 fully saturated rings. The Labute approximate surface area is 109 Å². The second-order valence-electron chi connectivity index (χ2n) is 6.13. The van der Waals surface area contributed by atoms with Crippen molar-refractivity contribution in [3.63, 3.8) is 0 Å². The van der Waals surface area contributed by atoms with Gasteiger partial charge in [0.15, 0.2) is 0 Å². The van der Waals surface area contributed by atoms with Crippen LogP contribution in [0.5, 0.6) is 0 Å². The average Bonchev–Trinajstić information content (AvgIpc) is 2.28. The molecule has 2 N–H and O–H groups in total. The molecule has 18 heavy (non-hydrogen) atoms. The fourth-order valence-electron chi connectivity index (χ4n) is 2.85. The second-order valence-corrected chi connectivity index (χ2v) is 6.13. The minimum absolute atomic E-state index is 0.193. The summed E-state index contributed by atoms with van der Waals surface area (Å²) < 4.78 is 13.6. The van der Waals surface area contributed by atoms with Crippen LogP contribution in [0.4, 0.5) is 4.39 Å². The van der Waals surface area contributed by atoms with Crippen molar-refractivity contribution in [3.05, 3.63) is 35.6 Å². The number of piperidine rings is 1. The van der Waals surface area contributed by atoms with E-state index in [1.165, 1.54) is 18.9 Å². The quantitative estimate of drug-likeness (QED) is 0.893. The number of benzene rings is 1. The Balaban J connectivity index is 1.99. The lowest BCUT2D eigenvalue weighted by atomic mass is 9.84. The molecule has 1 saturated heterocycles. The number of nitrogens with zero attached hydrogens (tertiary/aromatic N) is 1. The lowest BCUT2D eigenvalue weighted by Gasteiger charge is -2.39. The van der Waals surface area contributed by atoms with Gasteiger partial charge in [0.05, 0.1) is 0 Å². The van der Waals surface area contributed by atoms with Gasteiger partial charge in [0.2, 0.25) is 0 Å². The Bertz CT molecular complexity index is 403. The van der Waals surface area contributed by atoms with Crippen molar-refractivity contribution in [2.24, 2.45) is 11.1 Å². The van der Waals surface area contributed by atoms with E-state index in [-0.39, 0.29) is 11.9 Å². The lowest BCUT2D eigenvalue weighted by Crippen LogP contribution is -2.43. The van der Waals surface area contributed by atoms with E-state index in [2.05, 4.69) is 18.7 Å². The summed E-state index contributed by atoms with van der Waals surface area (Å²) in [5.41, 5.74) is 7.11. The molecular formula is C15H23FN2. The normalized spacial score (nSPS) is 21.8. The summed E-state index contributed by atoms with van der Waals surface area (Å²) >= 11 is 0. The third kappa shape index (κ3) is 3.30. The summed E-state index contributed by atoms with van der Waals surface area (Å²) in [6, 6.07) is 6.58. The van der Waals surface area contributed by atoms with Crippen LogP contribution in [-0.2, 0) is 0 Å². The molecule has 1 aromatic carbocycles. The van der Waals surface area contributed by atoms with Gasteiger partial charge in [-0.1, -0.05) is 32.0 Å². The molecule has 1 aliphatic heterocycles. The molecule has 0 aromatic heterocycles. The molecule has 1 aliphatic rings. The highest BCUT2D eigenvalue weighted by Crippen LogP contribution is 2.29. The Kier molecular flexibility index (Phi) is 4.03. The van der Waals surface area contributed by atoms with E-state index >= 15 is 0 Å². The van der Waals surface area contributed by atoms with Gasteiger partial charge in [-0.25, -0.2) is 4.39 Å². The summed E-state index contributed by atoms with van der Waals surface area (Å²) in [6.45, 7) is 7.44. The van der Waals surface area contributed by atoms with Gasteiger partial charge in [0.1, 0.15) is 5.82 Å². The predicted molar refractivity (Wildman–Crippen MR) is 72.8 cm³/mol. The minimum Gasteiger partial charge on any atom is -0.323 e.